The summed E-state index contributed by atoms with van der Waals surface area (Å²) in [4.78, 5) is 26.0. The summed E-state index contributed by atoms with van der Waals surface area (Å²) in [5.41, 5.74) is 8.29. The molecule has 29 heavy (non-hydrogen) atoms. The quantitative estimate of drug-likeness (QED) is 0.752. The lowest BCUT2D eigenvalue weighted by Gasteiger charge is -2.32. The van der Waals surface area contributed by atoms with Crippen molar-refractivity contribution in [2.75, 3.05) is 24.6 Å². The molecule has 154 valence electrons. The number of aromatic nitrogens is 1. The van der Waals surface area contributed by atoms with Gasteiger partial charge in [0.05, 0.1) is 17.7 Å². The summed E-state index contributed by atoms with van der Waals surface area (Å²) in [6.07, 6.45) is 3.62. The number of aryl methyl sites for hydroxylation is 1. The molecule has 1 aromatic heterocycles. The van der Waals surface area contributed by atoms with Gasteiger partial charge in [0.1, 0.15) is 5.56 Å². The molecule has 1 saturated heterocycles. The van der Waals surface area contributed by atoms with Crippen LogP contribution in [0.15, 0.2) is 28.8 Å². The van der Waals surface area contributed by atoms with Crippen molar-refractivity contribution in [3.05, 3.63) is 46.6 Å². The average Bonchev–Trinajstić information content (AvgIpc) is 3.45. The normalized spacial score (nSPS) is 18.5. The van der Waals surface area contributed by atoms with Gasteiger partial charge < -0.3 is 19.9 Å². The number of carbonyl (C=O) groups is 2. The molecule has 1 aromatic carbocycles. The number of piperidine rings is 1. The molecule has 1 aliphatic heterocycles. The fourth-order valence-corrected chi connectivity index (χ4v) is 4.35. The number of primary amides is 1. The number of hydrogen-bond acceptors (Lipinski definition) is 6. The number of carbonyl (C=O) groups excluding carboxylic acids is 2. The zero-order valence-electron chi connectivity index (χ0n) is 16.9. The van der Waals surface area contributed by atoms with Crippen LogP contribution in [0.25, 0.3) is 0 Å². The van der Waals surface area contributed by atoms with E-state index in [1.165, 1.54) is 5.56 Å². The molecule has 4 rings (SSSR count). The Bertz CT molecular complexity index is 907. The van der Waals surface area contributed by atoms with Crippen molar-refractivity contribution in [3.63, 3.8) is 0 Å². The van der Waals surface area contributed by atoms with Gasteiger partial charge in [-0.3, -0.25) is 9.59 Å². The highest BCUT2D eigenvalue weighted by Gasteiger charge is 2.52. The SMILES string of the molecule is CCOC(=O)C1(c2ccc(C3CCN(c4onc(C)c4C(N)=O)CC3)cc2)CC1. The average molecular weight is 397 g/mol. The number of nitrogens with zero attached hydrogens (tertiary/aromatic N) is 2. The molecule has 2 aliphatic rings. The van der Waals surface area contributed by atoms with Crippen LogP contribution in [0.1, 0.15) is 65.7 Å². The van der Waals surface area contributed by atoms with Crippen LogP contribution in [0.4, 0.5) is 5.88 Å². The smallest absolute Gasteiger partial charge is 0.316 e. The summed E-state index contributed by atoms with van der Waals surface area (Å²) in [6.45, 7) is 5.53. The highest BCUT2D eigenvalue weighted by atomic mass is 16.5. The first-order valence-corrected chi connectivity index (χ1v) is 10.2. The number of rotatable bonds is 6. The Morgan fingerprint density at radius 3 is 2.45 bits per heavy atom. The number of esters is 1. The Morgan fingerprint density at radius 2 is 1.90 bits per heavy atom. The Balaban J connectivity index is 1.42. The zero-order chi connectivity index (χ0) is 20.6. The molecule has 1 saturated carbocycles. The fourth-order valence-electron chi connectivity index (χ4n) is 4.35. The van der Waals surface area contributed by atoms with Gasteiger partial charge in [0.2, 0.25) is 5.88 Å². The lowest BCUT2D eigenvalue weighted by molar-refractivity contribution is -0.146. The summed E-state index contributed by atoms with van der Waals surface area (Å²) >= 11 is 0. The Morgan fingerprint density at radius 1 is 1.24 bits per heavy atom. The van der Waals surface area contributed by atoms with E-state index in [0.717, 1.165) is 44.3 Å². The predicted octanol–water partition coefficient (Wildman–Crippen LogP) is 3.06. The van der Waals surface area contributed by atoms with Gasteiger partial charge in [-0.15, -0.1) is 0 Å². The van der Waals surface area contributed by atoms with Crippen molar-refractivity contribution in [3.8, 4) is 0 Å². The molecule has 2 heterocycles. The van der Waals surface area contributed by atoms with E-state index in [9.17, 15) is 9.59 Å². The molecule has 2 N–H and O–H groups in total. The van der Waals surface area contributed by atoms with E-state index in [4.69, 9.17) is 15.0 Å². The number of ether oxygens (including phenoxy) is 1. The standard InChI is InChI=1S/C22H27N3O4/c1-3-28-21(27)22(10-11-22)17-6-4-15(5-7-17)16-8-12-25(13-9-16)20-18(19(23)26)14(2)24-29-20/h4-7,16H,3,8-13H2,1-2H3,(H2,23,26). The van der Waals surface area contributed by atoms with Gasteiger partial charge in [-0.2, -0.15) is 0 Å². The number of nitrogens with two attached hydrogens (primary N) is 1. The van der Waals surface area contributed by atoms with E-state index >= 15 is 0 Å². The third-order valence-electron chi connectivity index (χ3n) is 6.22. The molecular formula is C22H27N3O4. The van der Waals surface area contributed by atoms with E-state index in [0.29, 0.717) is 29.7 Å². The second-order valence-corrected chi connectivity index (χ2v) is 8.00. The minimum absolute atomic E-state index is 0.103. The summed E-state index contributed by atoms with van der Waals surface area (Å²) < 4.78 is 10.6. The second-order valence-electron chi connectivity index (χ2n) is 8.00. The number of hydrogen-bond donors (Lipinski definition) is 1. The van der Waals surface area contributed by atoms with Gasteiger partial charge in [0.25, 0.3) is 5.91 Å². The predicted molar refractivity (Wildman–Crippen MR) is 108 cm³/mol. The molecule has 0 unspecified atom stereocenters. The molecule has 0 radical (unpaired) electrons. The summed E-state index contributed by atoms with van der Waals surface area (Å²) in [6, 6.07) is 8.44. The molecule has 2 fully saturated rings. The number of amides is 1. The molecular weight excluding hydrogens is 370 g/mol. The maximum atomic E-state index is 12.3. The number of benzene rings is 1. The van der Waals surface area contributed by atoms with Crippen LogP contribution >= 0.6 is 0 Å². The molecule has 1 amide bonds. The van der Waals surface area contributed by atoms with E-state index in [2.05, 4.69) is 29.4 Å². The molecule has 1 aliphatic carbocycles. The van der Waals surface area contributed by atoms with Crippen LogP contribution in [-0.4, -0.2) is 36.7 Å². The Kier molecular flexibility index (Phi) is 5.06. The Labute approximate surface area is 170 Å². The van der Waals surface area contributed by atoms with Crippen molar-refractivity contribution in [2.45, 2.75) is 50.9 Å². The van der Waals surface area contributed by atoms with Gasteiger partial charge in [0.15, 0.2) is 0 Å². The first kappa shape index (κ1) is 19.5. The minimum atomic E-state index is -0.507. The van der Waals surface area contributed by atoms with Crippen molar-refractivity contribution in [1.82, 2.24) is 5.16 Å². The maximum absolute atomic E-state index is 12.3. The lowest BCUT2D eigenvalue weighted by atomic mass is 9.87. The van der Waals surface area contributed by atoms with Crippen LogP contribution in [0.5, 0.6) is 0 Å². The van der Waals surface area contributed by atoms with Crippen LogP contribution in [0, 0.1) is 6.92 Å². The largest absolute Gasteiger partial charge is 0.465 e. The van der Waals surface area contributed by atoms with Gasteiger partial charge in [-0.05, 0) is 56.6 Å². The molecule has 0 spiro atoms. The molecule has 0 bridgehead atoms. The van der Waals surface area contributed by atoms with Crippen LogP contribution in [0.2, 0.25) is 0 Å². The topological polar surface area (TPSA) is 98.7 Å². The fraction of sp³-hybridized carbons (Fsp3) is 0.500. The van der Waals surface area contributed by atoms with Crippen molar-refractivity contribution < 1.29 is 18.8 Å². The summed E-state index contributed by atoms with van der Waals surface area (Å²) in [5, 5.41) is 3.90. The van der Waals surface area contributed by atoms with Gasteiger partial charge in [0, 0.05) is 13.1 Å². The molecule has 7 nitrogen and oxygen atoms in total. The van der Waals surface area contributed by atoms with Crippen LogP contribution in [0.3, 0.4) is 0 Å². The van der Waals surface area contributed by atoms with E-state index in [1.807, 2.05) is 11.8 Å². The third kappa shape index (κ3) is 3.50. The first-order valence-electron chi connectivity index (χ1n) is 10.2. The first-order chi connectivity index (χ1) is 14.0. The van der Waals surface area contributed by atoms with Crippen LogP contribution < -0.4 is 10.6 Å². The Hall–Kier alpha value is -2.83. The van der Waals surface area contributed by atoms with Crippen LogP contribution in [-0.2, 0) is 14.9 Å². The minimum Gasteiger partial charge on any atom is -0.465 e. The van der Waals surface area contributed by atoms with Gasteiger partial charge >= 0.3 is 5.97 Å². The highest BCUT2D eigenvalue weighted by Crippen LogP contribution is 2.49. The van der Waals surface area contributed by atoms with Gasteiger partial charge in [-0.1, -0.05) is 29.4 Å². The summed E-state index contributed by atoms with van der Waals surface area (Å²) in [5.74, 6) is 0.300. The third-order valence-corrected chi connectivity index (χ3v) is 6.22. The second kappa shape index (κ2) is 7.54. The summed E-state index contributed by atoms with van der Waals surface area (Å²) in [7, 11) is 0. The molecule has 7 heteroatoms. The zero-order valence-corrected chi connectivity index (χ0v) is 16.9. The van der Waals surface area contributed by atoms with E-state index < -0.39 is 11.3 Å². The monoisotopic (exact) mass is 397 g/mol. The van der Waals surface area contributed by atoms with E-state index in [1.54, 1.807) is 6.92 Å². The van der Waals surface area contributed by atoms with Gasteiger partial charge in [-0.25, -0.2) is 0 Å². The van der Waals surface area contributed by atoms with E-state index in [-0.39, 0.29) is 5.97 Å². The number of anilines is 1. The highest BCUT2D eigenvalue weighted by molar-refractivity contribution is 5.98. The van der Waals surface area contributed by atoms with Crippen molar-refractivity contribution in [1.29, 1.82) is 0 Å². The van der Waals surface area contributed by atoms with Crippen molar-refractivity contribution in [2.24, 2.45) is 5.73 Å². The van der Waals surface area contributed by atoms with Crippen molar-refractivity contribution >= 4 is 17.8 Å². The molecule has 0 atom stereocenters. The molecule has 2 aromatic rings. The lowest BCUT2D eigenvalue weighted by Crippen LogP contribution is -2.34. The maximum Gasteiger partial charge on any atom is 0.316 e.